The van der Waals surface area contributed by atoms with Crippen molar-refractivity contribution >= 4 is 27.2 Å². The molecule has 2 unspecified atom stereocenters. The average molecular weight is 506 g/mol. The smallest absolute Gasteiger partial charge is 0.195 e. The SMILES string of the molecule is CC(COc1ccc(C(=O)c2c(-c3ccc(O)cc3)sc3cc(O)ccc23)cc1)N1CCC(CF)C1. The zero-order chi connectivity index (χ0) is 25.2. The van der Waals surface area contributed by atoms with Gasteiger partial charge in [0.15, 0.2) is 5.78 Å². The number of ether oxygens (including phenoxy) is 1. The van der Waals surface area contributed by atoms with Gasteiger partial charge in [-0.1, -0.05) is 0 Å². The predicted molar refractivity (Wildman–Crippen MR) is 141 cm³/mol. The molecule has 4 aromatic rings. The van der Waals surface area contributed by atoms with Crippen molar-refractivity contribution in [3.05, 3.63) is 77.9 Å². The molecule has 1 saturated heterocycles. The minimum Gasteiger partial charge on any atom is -0.508 e. The Labute approximate surface area is 213 Å². The number of carbonyl (C=O) groups is 1. The van der Waals surface area contributed by atoms with Crippen LogP contribution in [0.25, 0.3) is 20.5 Å². The monoisotopic (exact) mass is 505 g/mol. The summed E-state index contributed by atoms with van der Waals surface area (Å²) in [7, 11) is 0. The maximum absolute atomic E-state index is 13.7. The first-order chi connectivity index (χ1) is 17.4. The standard InChI is InChI=1S/C29H28FNO4S/c1-18(31-13-12-19(15-30)16-31)17-35-24-9-4-20(5-10-24)28(34)27-25-11-8-23(33)14-26(25)36-29(27)21-2-6-22(32)7-3-21/h2-11,14,18-19,32-33H,12-13,15-17H2,1H3. The van der Waals surface area contributed by atoms with E-state index in [1.165, 1.54) is 11.3 Å². The third-order valence-electron chi connectivity index (χ3n) is 6.80. The highest BCUT2D eigenvalue weighted by atomic mass is 32.1. The molecule has 0 spiro atoms. The van der Waals surface area contributed by atoms with Crippen molar-refractivity contribution in [2.75, 3.05) is 26.4 Å². The van der Waals surface area contributed by atoms with Crippen LogP contribution in [0.2, 0.25) is 0 Å². The maximum atomic E-state index is 13.7. The number of fused-ring (bicyclic) bond motifs is 1. The molecule has 0 amide bonds. The number of alkyl halides is 1. The van der Waals surface area contributed by atoms with Gasteiger partial charge in [-0.2, -0.15) is 0 Å². The number of rotatable bonds is 8. The van der Waals surface area contributed by atoms with Crippen molar-refractivity contribution in [1.82, 2.24) is 4.90 Å². The topological polar surface area (TPSA) is 70.0 Å². The van der Waals surface area contributed by atoms with Gasteiger partial charge in [-0.15, -0.1) is 11.3 Å². The number of thiophene rings is 1. The first-order valence-corrected chi connectivity index (χ1v) is 12.9. The summed E-state index contributed by atoms with van der Waals surface area (Å²) < 4.78 is 19.7. The molecule has 2 N–H and O–H groups in total. The molecule has 7 heteroatoms. The highest BCUT2D eigenvalue weighted by Crippen LogP contribution is 2.41. The lowest BCUT2D eigenvalue weighted by Gasteiger charge is -2.24. The number of carbonyl (C=O) groups excluding carboxylic acids is 1. The minimum atomic E-state index is -0.269. The quantitative estimate of drug-likeness (QED) is 0.276. The highest BCUT2D eigenvalue weighted by Gasteiger charge is 2.26. The molecule has 2 atom stereocenters. The normalized spacial score (nSPS) is 16.9. The van der Waals surface area contributed by atoms with Crippen molar-refractivity contribution in [2.45, 2.75) is 19.4 Å². The van der Waals surface area contributed by atoms with Gasteiger partial charge in [0.25, 0.3) is 0 Å². The fraction of sp³-hybridized carbons (Fsp3) is 0.276. The second kappa shape index (κ2) is 10.3. The van der Waals surface area contributed by atoms with E-state index in [2.05, 4.69) is 11.8 Å². The number of likely N-dealkylation sites (tertiary alicyclic amines) is 1. The first kappa shape index (κ1) is 24.3. The van der Waals surface area contributed by atoms with E-state index in [1.54, 1.807) is 66.7 Å². The number of aromatic hydroxyl groups is 2. The van der Waals surface area contributed by atoms with Crippen LogP contribution in [-0.4, -0.2) is 53.3 Å². The zero-order valence-corrected chi connectivity index (χ0v) is 20.8. The minimum absolute atomic E-state index is 0.121. The van der Waals surface area contributed by atoms with Crippen LogP contribution in [0.15, 0.2) is 66.7 Å². The van der Waals surface area contributed by atoms with Crippen LogP contribution in [0.3, 0.4) is 0 Å². The van der Waals surface area contributed by atoms with E-state index in [4.69, 9.17) is 4.74 Å². The van der Waals surface area contributed by atoms with Crippen LogP contribution in [0.1, 0.15) is 29.3 Å². The zero-order valence-electron chi connectivity index (χ0n) is 20.0. The lowest BCUT2D eigenvalue weighted by Crippen LogP contribution is -2.35. The predicted octanol–water partition coefficient (Wildman–Crippen LogP) is 6.27. The Morgan fingerprint density at radius 3 is 2.50 bits per heavy atom. The van der Waals surface area contributed by atoms with Gasteiger partial charge >= 0.3 is 0 Å². The number of halogens is 1. The van der Waals surface area contributed by atoms with Crippen LogP contribution in [0, 0.1) is 5.92 Å². The molecule has 5 nitrogen and oxygen atoms in total. The number of ketones is 1. The van der Waals surface area contributed by atoms with Crippen LogP contribution in [-0.2, 0) is 0 Å². The molecule has 0 aliphatic carbocycles. The second-order valence-electron chi connectivity index (χ2n) is 9.35. The van der Waals surface area contributed by atoms with Gasteiger partial charge < -0.3 is 14.9 Å². The Morgan fingerprint density at radius 1 is 1.08 bits per heavy atom. The molecule has 2 heterocycles. The summed E-state index contributed by atoms with van der Waals surface area (Å²) in [5.74, 6) is 0.983. The van der Waals surface area contributed by atoms with Crippen LogP contribution in [0.4, 0.5) is 4.39 Å². The number of hydrogen-bond acceptors (Lipinski definition) is 6. The number of nitrogens with zero attached hydrogens (tertiary/aromatic N) is 1. The van der Waals surface area contributed by atoms with Gasteiger partial charge in [0, 0.05) is 44.6 Å². The molecule has 0 radical (unpaired) electrons. The van der Waals surface area contributed by atoms with Gasteiger partial charge in [-0.05, 0) is 92.2 Å². The van der Waals surface area contributed by atoms with Gasteiger partial charge in [0.05, 0.1) is 6.67 Å². The number of hydrogen-bond donors (Lipinski definition) is 2. The van der Waals surface area contributed by atoms with Crippen molar-refractivity contribution in [2.24, 2.45) is 5.92 Å². The van der Waals surface area contributed by atoms with Crippen molar-refractivity contribution in [3.63, 3.8) is 0 Å². The lowest BCUT2D eigenvalue weighted by atomic mass is 9.97. The van der Waals surface area contributed by atoms with E-state index in [9.17, 15) is 19.4 Å². The van der Waals surface area contributed by atoms with E-state index >= 15 is 0 Å². The number of phenols is 2. The third-order valence-corrected chi connectivity index (χ3v) is 8.00. The average Bonchev–Trinajstić information content (AvgIpc) is 3.52. The third kappa shape index (κ3) is 4.94. The molecule has 0 bridgehead atoms. The summed E-state index contributed by atoms with van der Waals surface area (Å²) in [5.41, 5.74) is 1.93. The van der Waals surface area contributed by atoms with Crippen LogP contribution < -0.4 is 4.74 Å². The first-order valence-electron chi connectivity index (χ1n) is 12.1. The molecule has 1 aliphatic heterocycles. The summed E-state index contributed by atoms with van der Waals surface area (Å²) in [6.45, 7) is 3.97. The summed E-state index contributed by atoms with van der Waals surface area (Å²) >= 11 is 1.43. The number of benzene rings is 3. The van der Waals surface area contributed by atoms with Crippen LogP contribution in [0.5, 0.6) is 17.2 Å². The molecule has 186 valence electrons. The van der Waals surface area contributed by atoms with Gasteiger partial charge in [0.1, 0.15) is 23.9 Å². The Balaban J connectivity index is 1.37. The van der Waals surface area contributed by atoms with Gasteiger partial charge in [-0.3, -0.25) is 14.1 Å². The largest absolute Gasteiger partial charge is 0.508 e. The summed E-state index contributed by atoms with van der Waals surface area (Å²) in [6, 6.07) is 19.1. The Hall–Kier alpha value is -3.42. The fourth-order valence-corrected chi connectivity index (χ4v) is 5.92. The molecule has 5 rings (SSSR count). The second-order valence-corrected chi connectivity index (χ2v) is 10.4. The molecular formula is C29H28FNO4S. The Bertz CT molecular complexity index is 1370. The van der Waals surface area contributed by atoms with E-state index in [0.29, 0.717) is 23.5 Å². The fourth-order valence-electron chi connectivity index (χ4n) is 4.68. The molecule has 1 aliphatic rings. The molecule has 0 saturated carbocycles. The van der Waals surface area contributed by atoms with E-state index in [-0.39, 0.29) is 35.9 Å². The molecular weight excluding hydrogens is 477 g/mol. The van der Waals surface area contributed by atoms with Crippen LogP contribution >= 0.6 is 11.3 Å². The highest BCUT2D eigenvalue weighted by molar-refractivity contribution is 7.22. The molecule has 3 aromatic carbocycles. The number of phenolic OH excluding ortho intramolecular Hbond substituents is 2. The van der Waals surface area contributed by atoms with E-state index in [1.807, 2.05) is 0 Å². The molecule has 36 heavy (non-hydrogen) atoms. The summed E-state index contributed by atoms with van der Waals surface area (Å²) in [4.78, 5) is 16.7. The lowest BCUT2D eigenvalue weighted by molar-refractivity contribution is 0.104. The maximum Gasteiger partial charge on any atom is 0.195 e. The van der Waals surface area contributed by atoms with Crippen molar-refractivity contribution in [1.29, 1.82) is 0 Å². The Kier molecular flexibility index (Phi) is 6.94. The summed E-state index contributed by atoms with van der Waals surface area (Å²) in [5, 5.41) is 20.4. The Morgan fingerprint density at radius 2 is 1.81 bits per heavy atom. The van der Waals surface area contributed by atoms with Crippen molar-refractivity contribution < 1.29 is 24.1 Å². The van der Waals surface area contributed by atoms with Crippen molar-refractivity contribution in [3.8, 4) is 27.7 Å². The van der Waals surface area contributed by atoms with E-state index < -0.39 is 0 Å². The van der Waals surface area contributed by atoms with Gasteiger partial charge in [0.2, 0.25) is 0 Å². The van der Waals surface area contributed by atoms with Gasteiger partial charge in [-0.25, -0.2) is 0 Å². The van der Waals surface area contributed by atoms with E-state index in [0.717, 1.165) is 40.0 Å². The summed E-state index contributed by atoms with van der Waals surface area (Å²) in [6.07, 6.45) is 0.890. The molecule has 1 fully saturated rings. The molecule has 1 aromatic heterocycles.